The fourth-order valence-corrected chi connectivity index (χ4v) is 4.33. The van der Waals surface area contributed by atoms with Crippen molar-refractivity contribution >= 4 is 6.03 Å². The first-order valence-corrected chi connectivity index (χ1v) is 9.60. The molecule has 1 saturated heterocycles. The Hall–Kier alpha value is -1.59. The van der Waals surface area contributed by atoms with Gasteiger partial charge in [0.2, 0.25) is 0 Å². The summed E-state index contributed by atoms with van der Waals surface area (Å²) < 4.78 is 0. The highest BCUT2D eigenvalue weighted by molar-refractivity contribution is 5.74. The largest absolute Gasteiger partial charge is 0.393 e. The molecule has 1 aromatic carbocycles. The smallest absolute Gasteiger partial charge is 0.315 e. The van der Waals surface area contributed by atoms with Crippen molar-refractivity contribution in [2.24, 2.45) is 11.8 Å². The first kappa shape index (κ1) is 18.2. The molecule has 0 spiro atoms. The van der Waals surface area contributed by atoms with Crippen LogP contribution in [-0.4, -0.2) is 47.8 Å². The lowest BCUT2D eigenvalue weighted by molar-refractivity contribution is 0.180. The summed E-state index contributed by atoms with van der Waals surface area (Å²) in [5, 5.41) is 15.3. The van der Waals surface area contributed by atoms with Gasteiger partial charge in [-0.3, -0.25) is 4.90 Å². The van der Waals surface area contributed by atoms with Crippen LogP contribution in [0, 0.1) is 11.8 Å². The molecule has 1 aromatic rings. The van der Waals surface area contributed by atoms with E-state index in [1.54, 1.807) is 6.92 Å². The van der Waals surface area contributed by atoms with Gasteiger partial charge in [-0.1, -0.05) is 36.8 Å². The highest BCUT2D eigenvalue weighted by atomic mass is 16.3. The number of hydrogen-bond donors (Lipinski definition) is 3. The Morgan fingerprint density at radius 1 is 1.28 bits per heavy atom. The van der Waals surface area contributed by atoms with Crippen LogP contribution in [0.1, 0.15) is 38.2 Å². The molecule has 3 N–H and O–H groups in total. The minimum Gasteiger partial charge on any atom is -0.393 e. The van der Waals surface area contributed by atoms with Gasteiger partial charge in [0.25, 0.3) is 0 Å². The number of fused-ring (bicyclic) bond motifs is 1. The van der Waals surface area contributed by atoms with Crippen molar-refractivity contribution in [1.82, 2.24) is 15.5 Å². The summed E-state index contributed by atoms with van der Waals surface area (Å²) >= 11 is 0. The molecular formula is C20H31N3O2. The fraction of sp³-hybridized carbons (Fsp3) is 0.650. The van der Waals surface area contributed by atoms with Crippen molar-refractivity contribution in [2.75, 3.05) is 19.6 Å². The minimum absolute atomic E-state index is 0.0900. The minimum atomic E-state index is -0.374. The number of nitrogens with zero attached hydrogens (tertiary/aromatic N) is 1. The summed E-state index contributed by atoms with van der Waals surface area (Å²) in [5.41, 5.74) is 1.36. The van der Waals surface area contributed by atoms with E-state index in [1.165, 1.54) is 18.4 Å². The van der Waals surface area contributed by atoms with Crippen LogP contribution in [0.15, 0.2) is 30.3 Å². The summed E-state index contributed by atoms with van der Waals surface area (Å²) in [5.74, 6) is 1.25. The molecule has 0 aromatic heterocycles. The van der Waals surface area contributed by atoms with Crippen molar-refractivity contribution in [3.8, 4) is 0 Å². The summed E-state index contributed by atoms with van der Waals surface area (Å²) in [4.78, 5) is 14.7. The number of aliphatic hydroxyl groups excluding tert-OH is 1. The number of nitrogens with one attached hydrogen (secondary N) is 2. The summed E-state index contributed by atoms with van der Waals surface area (Å²) in [6, 6.07) is 10.8. The van der Waals surface area contributed by atoms with Gasteiger partial charge >= 0.3 is 6.03 Å². The topological polar surface area (TPSA) is 64.6 Å². The monoisotopic (exact) mass is 345 g/mol. The van der Waals surface area contributed by atoms with E-state index in [-0.39, 0.29) is 18.2 Å². The number of carbonyl (C=O) groups is 1. The van der Waals surface area contributed by atoms with Gasteiger partial charge in [0.15, 0.2) is 0 Å². The van der Waals surface area contributed by atoms with Crippen LogP contribution in [0.2, 0.25) is 0 Å². The zero-order valence-electron chi connectivity index (χ0n) is 15.2. The third-order valence-electron chi connectivity index (χ3n) is 5.59. The van der Waals surface area contributed by atoms with Crippen LogP contribution in [-0.2, 0) is 6.54 Å². The molecule has 138 valence electrons. The number of benzene rings is 1. The number of urea groups is 1. The third-order valence-corrected chi connectivity index (χ3v) is 5.59. The summed E-state index contributed by atoms with van der Waals surface area (Å²) in [7, 11) is 0. The van der Waals surface area contributed by atoms with Gasteiger partial charge in [0, 0.05) is 32.2 Å². The van der Waals surface area contributed by atoms with Gasteiger partial charge in [0.05, 0.1) is 6.10 Å². The van der Waals surface area contributed by atoms with Gasteiger partial charge in [-0.05, 0) is 43.6 Å². The average molecular weight is 345 g/mol. The van der Waals surface area contributed by atoms with Gasteiger partial charge in [-0.15, -0.1) is 0 Å². The molecule has 2 fully saturated rings. The number of hydrogen-bond acceptors (Lipinski definition) is 3. The lowest BCUT2D eigenvalue weighted by atomic mass is 9.78. The molecule has 5 heteroatoms. The first-order valence-electron chi connectivity index (χ1n) is 9.60. The van der Waals surface area contributed by atoms with Gasteiger partial charge in [0.1, 0.15) is 0 Å². The van der Waals surface area contributed by atoms with Gasteiger partial charge in [-0.25, -0.2) is 4.79 Å². The molecule has 0 unspecified atom stereocenters. The van der Waals surface area contributed by atoms with Crippen LogP contribution in [0.3, 0.4) is 0 Å². The maximum Gasteiger partial charge on any atom is 0.315 e. The maximum absolute atomic E-state index is 12.1. The van der Waals surface area contributed by atoms with Crippen LogP contribution < -0.4 is 10.6 Å². The molecule has 2 aliphatic rings. The Kier molecular flexibility index (Phi) is 6.32. The van der Waals surface area contributed by atoms with E-state index in [2.05, 4.69) is 45.9 Å². The van der Waals surface area contributed by atoms with Crippen LogP contribution in [0.5, 0.6) is 0 Å². The lowest BCUT2D eigenvalue weighted by Crippen LogP contribution is -2.49. The molecule has 1 aliphatic carbocycles. The van der Waals surface area contributed by atoms with Crippen LogP contribution in [0.25, 0.3) is 0 Å². The molecule has 1 saturated carbocycles. The highest BCUT2D eigenvalue weighted by Crippen LogP contribution is 2.36. The molecule has 0 bridgehead atoms. The van der Waals surface area contributed by atoms with Crippen LogP contribution >= 0.6 is 0 Å². The molecule has 3 rings (SSSR count). The molecule has 5 nitrogen and oxygen atoms in total. The first-order chi connectivity index (χ1) is 12.1. The Balaban J connectivity index is 1.50. The van der Waals surface area contributed by atoms with Crippen molar-refractivity contribution in [1.29, 1.82) is 0 Å². The molecular weight excluding hydrogens is 314 g/mol. The summed E-state index contributed by atoms with van der Waals surface area (Å²) in [6.07, 6.45) is 3.76. The number of likely N-dealkylation sites (tertiary alicyclic amines) is 1. The lowest BCUT2D eigenvalue weighted by Gasteiger charge is -2.33. The normalized spacial score (nSPS) is 27.5. The number of aliphatic hydroxyl groups is 1. The number of amides is 2. The Morgan fingerprint density at radius 3 is 2.84 bits per heavy atom. The number of rotatable bonds is 6. The second kappa shape index (κ2) is 8.68. The predicted octanol–water partition coefficient (Wildman–Crippen LogP) is 2.36. The SMILES string of the molecule is C[C@H](O)CCNC(=O)N[C@@H]1CCC[C@@H]2CN(Cc3ccccc3)C[C@H]21. The molecule has 1 aliphatic heterocycles. The zero-order chi connectivity index (χ0) is 17.6. The predicted molar refractivity (Wildman–Crippen MR) is 99.2 cm³/mol. The van der Waals surface area contributed by atoms with E-state index in [9.17, 15) is 9.90 Å². The maximum atomic E-state index is 12.1. The van der Waals surface area contributed by atoms with E-state index >= 15 is 0 Å². The average Bonchev–Trinajstić information content (AvgIpc) is 2.99. The molecule has 0 radical (unpaired) electrons. The highest BCUT2D eigenvalue weighted by Gasteiger charge is 2.40. The van der Waals surface area contributed by atoms with Crippen molar-refractivity contribution in [2.45, 2.75) is 51.3 Å². The third kappa shape index (κ3) is 5.19. The molecule has 2 amide bonds. The Labute approximate surface area is 150 Å². The van der Waals surface area contributed by atoms with E-state index < -0.39 is 0 Å². The van der Waals surface area contributed by atoms with Gasteiger partial charge in [-0.2, -0.15) is 0 Å². The Bertz CT molecular complexity index is 549. The molecule has 4 atom stereocenters. The van der Waals surface area contributed by atoms with Crippen molar-refractivity contribution in [3.05, 3.63) is 35.9 Å². The van der Waals surface area contributed by atoms with E-state index in [0.29, 0.717) is 24.8 Å². The fourth-order valence-electron chi connectivity index (χ4n) is 4.33. The zero-order valence-corrected chi connectivity index (χ0v) is 15.2. The standard InChI is InChI=1S/C20H31N3O2/c1-15(24)10-11-21-20(25)22-19-9-5-8-17-13-23(14-18(17)19)12-16-6-3-2-4-7-16/h2-4,6-7,15,17-19,24H,5,8-14H2,1H3,(H2,21,22,25)/t15-,17+,18+,19+/m0/s1. The Morgan fingerprint density at radius 2 is 2.08 bits per heavy atom. The van der Waals surface area contributed by atoms with E-state index in [1.807, 2.05) is 0 Å². The van der Waals surface area contributed by atoms with Crippen LogP contribution in [0.4, 0.5) is 4.79 Å². The van der Waals surface area contributed by atoms with Gasteiger partial charge < -0.3 is 15.7 Å². The molecule has 1 heterocycles. The van der Waals surface area contributed by atoms with Crippen molar-refractivity contribution in [3.63, 3.8) is 0 Å². The molecule has 25 heavy (non-hydrogen) atoms. The second-order valence-electron chi connectivity index (χ2n) is 7.68. The van der Waals surface area contributed by atoms with E-state index in [0.717, 1.165) is 26.1 Å². The van der Waals surface area contributed by atoms with Crippen molar-refractivity contribution < 1.29 is 9.90 Å². The van der Waals surface area contributed by atoms with E-state index in [4.69, 9.17) is 0 Å². The quantitative estimate of drug-likeness (QED) is 0.742. The number of carbonyl (C=O) groups excluding carboxylic acids is 1. The summed E-state index contributed by atoms with van der Waals surface area (Å²) in [6.45, 7) is 5.47. The second-order valence-corrected chi connectivity index (χ2v) is 7.68.